The second-order valence-corrected chi connectivity index (χ2v) is 5.06. The predicted octanol–water partition coefficient (Wildman–Crippen LogP) is 1.60. The van der Waals surface area contributed by atoms with Gasteiger partial charge in [-0.2, -0.15) is 0 Å². The summed E-state index contributed by atoms with van der Waals surface area (Å²) in [5.41, 5.74) is 0.210. The van der Waals surface area contributed by atoms with E-state index in [9.17, 15) is 9.59 Å². The van der Waals surface area contributed by atoms with Gasteiger partial charge in [0.1, 0.15) is 11.6 Å². The van der Waals surface area contributed by atoms with Crippen molar-refractivity contribution in [2.75, 3.05) is 0 Å². The van der Waals surface area contributed by atoms with E-state index in [1.807, 2.05) is 0 Å². The highest BCUT2D eigenvalue weighted by Gasteiger charge is 2.76. The van der Waals surface area contributed by atoms with Crippen LogP contribution in [0.4, 0.5) is 0 Å². The third-order valence-electron chi connectivity index (χ3n) is 4.51. The first kappa shape index (κ1) is 8.39. The predicted molar refractivity (Wildman–Crippen MR) is 51.5 cm³/mol. The van der Waals surface area contributed by atoms with Crippen molar-refractivity contribution >= 4 is 11.6 Å². The molecule has 2 fully saturated rings. The molecule has 2 nitrogen and oxygen atoms in total. The van der Waals surface area contributed by atoms with E-state index in [1.165, 1.54) is 0 Å². The van der Waals surface area contributed by atoms with Crippen LogP contribution in [0, 0.1) is 29.1 Å². The lowest BCUT2D eigenvalue weighted by atomic mass is 9.52. The summed E-state index contributed by atoms with van der Waals surface area (Å²) >= 11 is 0. The summed E-state index contributed by atoms with van der Waals surface area (Å²) in [6.45, 7) is 3.26. The molecule has 0 aromatic heterocycles. The van der Waals surface area contributed by atoms with Gasteiger partial charge in [0, 0.05) is 11.8 Å². The van der Waals surface area contributed by atoms with Crippen molar-refractivity contribution in [3.8, 4) is 0 Å². The van der Waals surface area contributed by atoms with Gasteiger partial charge in [-0.1, -0.05) is 12.2 Å². The molecule has 5 unspecified atom stereocenters. The lowest BCUT2D eigenvalue weighted by Crippen LogP contribution is -2.53. The van der Waals surface area contributed by atoms with Gasteiger partial charge >= 0.3 is 0 Å². The van der Waals surface area contributed by atoms with Gasteiger partial charge in [0.25, 0.3) is 0 Å². The van der Waals surface area contributed by atoms with Crippen molar-refractivity contribution in [2.24, 2.45) is 29.1 Å². The Kier molecular flexibility index (Phi) is 1.31. The van der Waals surface area contributed by atoms with Gasteiger partial charge in [-0.05, 0) is 37.5 Å². The summed E-state index contributed by atoms with van der Waals surface area (Å²) in [7, 11) is 0. The van der Waals surface area contributed by atoms with E-state index in [0.717, 1.165) is 6.42 Å². The lowest BCUT2D eigenvalue weighted by Gasteiger charge is -2.49. The van der Waals surface area contributed by atoms with Crippen LogP contribution in [0.25, 0.3) is 0 Å². The Hall–Kier alpha value is -0.920. The maximum absolute atomic E-state index is 11.5. The number of allylic oxidation sites excluding steroid dienone is 2. The van der Waals surface area contributed by atoms with E-state index in [4.69, 9.17) is 0 Å². The molecule has 0 aromatic carbocycles. The molecule has 0 bridgehead atoms. The molecule has 74 valence electrons. The van der Waals surface area contributed by atoms with Crippen molar-refractivity contribution in [3.05, 3.63) is 12.2 Å². The molecular formula is C12H14O2. The minimum absolute atomic E-state index is 0.00347. The summed E-state index contributed by atoms with van der Waals surface area (Å²) in [4.78, 5) is 23.0. The molecule has 0 aliphatic heterocycles. The first-order valence-corrected chi connectivity index (χ1v) is 5.28. The molecular weight excluding hydrogens is 176 g/mol. The van der Waals surface area contributed by atoms with Gasteiger partial charge in [0.2, 0.25) is 0 Å². The molecule has 2 saturated carbocycles. The smallest absolute Gasteiger partial charge is 0.134 e. The van der Waals surface area contributed by atoms with Gasteiger partial charge in [-0.3, -0.25) is 9.59 Å². The SMILES string of the molecule is CC(=O)C1C2C=CC3CC32C1C(C)=O. The van der Waals surface area contributed by atoms with Crippen molar-refractivity contribution in [1.29, 1.82) is 0 Å². The average molecular weight is 190 g/mol. The zero-order valence-electron chi connectivity index (χ0n) is 8.49. The molecule has 0 aromatic rings. The molecule has 0 amide bonds. The van der Waals surface area contributed by atoms with E-state index in [1.54, 1.807) is 13.8 Å². The van der Waals surface area contributed by atoms with E-state index < -0.39 is 0 Å². The maximum atomic E-state index is 11.5. The first-order valence-electron chi connectivity index (χ1n) is 5.28. The molecule has 3 aliphatic carbocycles. The highest BCUT2D eigenvalue weighted by Crippen LogP contribution is 2.78. The molecule has 0 radical (unpaired) electrons. The number of Topliss-reactive ketones (excluding diaryl/α,β-unsaturated/α-hetero) is 2. The molecule has 14 heavy (non-hydrogen) atoms. The Balaban J connectivity index is 1.97. The van der Waals surface area contributed by atoms with Crippen LogP contribution in [0.3, 0.4) is 0 Å². The van der Waals surface area contributed by atoms with Crippen molar-refractivity contribution < 1.29 is 9.59 Å². The van der Waals surface area contributed by atoms with E-state index >= 15 is 0 Å². The third-order valence-corrected chi connectivity index (χ3v) is 4.51. The summed E-state index contributed by atoms with van der Waals surface area (Å²) < 4.78 is 0. The van der Waals surface area contributed by atoms with Crippen LogP contribution in [-0.2, 0) is 9.59 Å². The number of hydrogen-bond acceptors (Lipinski definition) is 2. The third kappa shape index (κ3) is 0.667. The van der Waals surface area contributed by atoms with Crippen LogP contribution in [0.5, 0.6) is 0 Å². The van der Waals surface area contributed by atoms with Crippen LogP contribution >= 0.6 is 0 Å². The van der Waals surface area contributed by atoms with Crippen molar-refractivity contribution in [3.63, 3.8) is 0 Å². The minimum Gasteiger partial charge on any atom is -0.300 e. The van der Waals surface area contributed by atoms with E-state index in [0.29, 0.717) is 11.8 Å². The Labute approximate surface area is 83.4 Å². The van der Waals surface area contributed by atoms with Gasteiger partial charge in [0.05, 0.1) is 0 Å². The highest BCUT2D eigenvalue weighted by atomic mass is 16.1. The normalized spacial score (nSPS) is 51.9. The van der Waals surface area contributed by atoms with E-state index in [-0.39, 0.29) is 28.8 Å². The average Bonchev–Trinajstić information content (AvgIpc) is 2.70. The Bertz CT molecular complexity index is 369. The topological polar surface area (TPSA) is 34.1 Å². The number of carbonyl (C=O) groups excluding carboxylic acids is 2. The van der Waals surface area contributed by atoms with Gasteiger partial charge in [0.15, 0.2) is 0 Å². The fraction of sp³-hybridized carbons (Fsp3) is 0.667. The number of rotatable bonds is 2. The standard InChI is InChI=1S/C12H14O2/c1-6(13)10-9-4-3-8-5-12(8,9)11(10)7(2)14/h3-4,8-11H,5H2,1-2H3. The molecule has 3 rings (SSSR count). The molecule has 0 N–H and O–H groups in total. The van der Waals surface area contributed by atoms with Gasteiger partial charge in [-0.25, -0.2) is 0 Å². The van der Waals surface area contributed by atoms with Crippen molar-refractivity contribution in [2.45, 2.75) is 20.3 Å². The number of ketones is 2. The van der Waals surface area contributed by atoms with Crippen molar-refractivity contribution in [1.82, 2.24) is 0 Å². The summed E-state index contributed by atoms with van der Waals surface area (Å²) in [6, 6.07) is 0. The zero-order valence-corrected chi connectivity index (χ0v) is 8.49. The van der Waals surface area contributed by atoms with Crippen LogP contribution in [0.2, 0.25) is 0 Å². The second kappa shape index (κ2) is 2.18. The Morgan fingerprint density at radius 2 is 1.93 bits per heavy atom. The van der Waals surface area contributed by atoms with Crippen LogP contribution in [-0.4, -0.2) is 11.6 Å². The monoisotopic (exact) mass is 190 g/mol. The molecule has 1 spiro atoms. The van der Waals surface area contributed by atoms with Gasteiger partial charge < -0.3 is 0 Å². The molecule has 0 saturated heterocycles. The first-order chi connectivity index (χ1) is 6.59. The van der Waals surface area contributed by atoms with Crippen LogP contribution in [0.15, 0.2) is 12.2 Å². The number of hydrogen-bond donors (Lipinski definition) is 0. The van der Waals surface area contributed by atoms with E-state index in [2.05, 4.69) is 12.2 Å². The fourth-order valence-corrected chi connectivity index (χ4v) is 3.95. The molecule has 0 heterocycles. The number of carbonyl (C=O) groups is 2. The highest BCUT2D eigenvalue weighted by molar-refractivity contribution is 5.92. The summed E-state index contributed by atoms with van der Waals surface area (Å²) in [6.07, 6.45) is 5.52. The maximum Gasteiger partial charge on any atom is 0.134 e. The minimum atomic E-state index is -0.00347. The quantitative estimate of drug-likeness (QED) is 0.620. The molecule has 2 heteroatoms. The van der Waals surface area contributed by atoms with Crippen LogP contribution in [0.1, 0.15) is 20.3 Å². The molecule has 3 aliphatic rings. The van der Waals surface area contributed by atoms with Gasteiger partial charge in [-0.15, -0.1) is 0 Å². The van der Waals surface area contributed by atoms with Crippen LogP contribution < -0.4 is 0 Å². The lowest BCUT2D eigenvalue weighted by molar-refractivity contribution is -0.148. The zero-order chi connectivity index (χ0) is 10.1. The Morgan fingerprint density at radius 1 is 1.21 bits per heavy atom. The summed E-state index contributed by atoms with van der Waals surface area (Å²) in [5, 5.41) is 0. The second-order valence-electron chi connectivity index (χ2n) is 5.06. The fourth-order valence-electron chi connectivity index (χ4n) is 3.95. The Morgan fingerprint density at radius 3 is 2.43 bits per heavy atom. The molecule has 5 atom stereocenters. The summed E-state index contributed by atoms with van der Waals surface area (Å²) in [5.74, 6) is 1.43. The largest absolute Gasteiger partial charge is 0.300 e.